The number of nitro benzene ring substituents is 1. The van der Waals surface area contributed by atoms with Crippen LogP contribution >= 0.6 is 23.1 Å². The summed E-state index contributed by atoms with van der Waals surface area (Å²) in [6, 6.07) is 21.1. The number of thiophene rings is 1. The van der Waals surface area contributed by atoms with Gasteiger partial charge in [-0.05, 0) is 55.3 Å². The SMILES string of the molecule is CCC(Sc1cccc(NC(=O)c2cccc([N+](=O)[O-])c2)c1)C(=O)Nc1sc(C(=O)Nc2ccccc2)c(C)c1C(=O)OC. The molecular weight excluding hydrogens is 604 g/mol. The summed E-state index contributed by atoms with van der Waals surface area (Å²) in [7, 11) is 1.23. The number of nitro groups is 1. The first-order chi connectivity index (χ1) is 21.1. The van der Waals surface area contributed by atoms with Crippen molar-refractivity contribution < 1.29 is 28.8 Å². The molecule has 0 bridgehead atoms. The van der Waals surface area contributed by atoms with Crippen molar-refractivity contribution in [2.45, 2.75) is 30.4 Å². The van der Waals surface area contributed by atoms with E-state index in [4.69, 9.17) is 4.74 Å². The van der Waals surface area contributed by atoms with Crippen LogP contribution in [0.4, 0.5) is 22.1 Å². The molecule has 3 N–H and O–H groups in total. The number of amides is 3. The lowest BCUT2D eigenvalue weighted by molar-refractivity contribution is -0.384. The third kappa shape index (κ3) is 7.68. The van der Waals surface area contributed by atoms with Crippen LogP contribution < -0.4 is 16.0 Å². The third-order valence-electron chi connectivity index (χ3n) is 6.36. The first kappa shape index (κ1) is 31.9. The molecule has 0 aliphatic carbocycles. The molecule has 4 aromatic rings. The van der Waals surface area contributed by atoms with Gasteiger partial charge in [0.15, 0.2) is 0 Å². The standard InChI is InChI=1S/C31H28N4O7S2/c1-4-24(43-23-15-9-13-21(17-23)33-27(36)19-10-8-14-22(16-19)35(40)41)28(37)34-30-25(31(39)42-3)18(2)26(44-30)29(38)32-20-11-6-5-7-12-20/h5-17,24H,4H2,1-3H3,(H,32,38)(H,33,36)(H,34,37). The van der Waals surface area contributed by atoms with Crippen LogP contribution in [0.15, 0.2) is 83.8 Å². The number of benzene rings is 3. The Morgan fingerprint density at radius 3 is 2.27 bits per heavy atom. The quantitative estimate of drug-likeness (QED) is 0.0708. The smallest absolute Gasteiger partial charge is 0.341 e. The van der Waals surface area contributed by atoms with Gasteiger partial charge in [-0.3, -0.25) is 24.5 Å². The molecule has 0 fully saturated rings. The van der Waals surface area contributed by atoms with Crippen LogP contribution in [-0.2, 0) is 9.53 Å². The second kappa shape index (κ2) is 14.4. The lowest BCUT2D eigenvalue weighted by Gasteiger charge is -2.15. The molecule has 3 aromatic carbocycles. The number of hydrogen-bond acceptors (Lipinski definition) is 9. The first-order valence-electron chi connectivity index (χ1n) is 13.3. The van der Waals surface area contributed by atoms with E-state index >= 15 is 0 Å². The Morgan fingerprint density at radius 1 is 0.909 bits per heavy atom. The van der Waals surface area contributed by atoms with Crippen molar-refractivity contribution in [1.29, 1.82) is 0 Å². The highest BCUT2D eigenvalue weighted by molar-refractivity contribution is 8.00. The summed E-state index contributed by atoms with van der Waals surface area (Å²) in [5.74, 6) is -2.00. The predicted octanol–water partition coefficient (Wildman–Crippen LogP) is 6.77. The number of para-hydroxylation sites is 1. The van der Waals surface area contributed by atoms with Gasteiger partial charge in [-0.25, -0.2) is 4.79 Å². The molecular formula is C31H28N4O7S2. The molecule has 0 saturated carbocycles. The topological polar surface area (TPSA) is 157 Å². The number of nitrogens with one attached hydrogen (secondary N) is 3. The van der Waals surface area contributed by atoms with Gasteiger partial charge in [0, 0.05) is 34.0 Å². The zero-order valence-corrected chi connectivity index (χ0v) is 25.5. The van der Waals surface area contributed by atoms with Crippen LogP contribution in [0.3, 0.4) is 0 Å². The second-order valence-electron chi connectivity index (χ2n) is 9.37. The van der Waals surface area contributed by atoms with E-state index in [1.54, 1.807) is 55.5 Å². The van der Waals surface area contributed by atoms with Gasteiger partial charge in [0.2, 0.25) is 5.91 Å². The molecule has 0 aliphatic heterocycles. The molecule has 13 heteroatoms. The Balaban J connectivity index is 1.49. The Morgan fingerprint density at radius 2 is 1.59 bits per heavy atom. The number of thioether (sulfide) groups is 1. The van der Waals surface area contributed by atoms with E-state index in [9.17, 15) is 29.3 Å². The van der Waals surface area contributed by atoms with E-state index < -0.39 is 28.0 Å². The number of rotatable bonds is 11. The first-order valence-corrected chi connectivity index (χ1v) is 15.0. The average molecular weight is 633 g/mol. The maximum Gasteiger partial charge on any atom is 0.341 e. The number of carbonyl (C=O) groups is 4. The summed E-state index contributed by atoms with van der Waals surface area (Å²) in [6.45, 7) is 3.46. The van der Waals surface area contributed by atoms with Gasteiger partial charge in [0.05, 0.1) is 27.7 Å². The monoisotopic (exact) mass is 632 g/mol. The normalized spacial score (nSPS) is 11.2. The summed E-state index contributed by atoms with van der Waals surface area (Å²) >= 11 is 2.24. The lowest BCUT2D eigenvalue weighted by Crippen LogP contribution is -2.25. The molecule has 1 aromatic heterocycles. The minimum atomic E-state index is -0.680. The molecule has 0 radical (unpaired) electrons. The Labute approximate surface area is 261 Å². The maximum absolute atomic E-state index is 13.4. The van der Waals surface area contributed by atoms with Gasteiger partial charge < -0.3 is 20.7 Å². The fraction of sp³-hybridized carbons (Fsp3) is 0.161. The van der Waals surface area contributed by atoms with Crippen molar-refractivity contribution in [3.63, 3.8) is 0 Å². The summed E-state index contributed by atoms with van der Waals surface area (Å²) in [5, 5.41) is 19.0. The Hall–Kier alpha value is -5.01. The third-order valence-corrected chi connectivity index (χ3v) is 8.93. The predicted molar refractivity (Wildman–Crippen MR) is 171 cm³/mol. The fourth-order valence-electron chi connectivity index (χ4n) is 4.17. The average Bonchev–Trinajstić information content (AvgIpc) is 3.35. The lowest BCUT2D eigenvalue weighted by atomic mass is 10.1. The van der Waals surface area contributed by atoms with Crippen molar-refractivity contribution in [3.05, 3.63) is 111 Å². The molecule has 0 spiro atoms. The summed E-state index contributed by atoms with van der Waals surface area (Å²) in [5.41, 5.74) is 1.46. The number of hydrogen-bond donors (Lipinski definition) is 3. The zero-order valence-electron chi connectivity index (χ0n) is 23.9. The molecule has 226 valence electrons. The number of carbonyl (C=O) groups excluding carboxylic acids is 4. The van der Waals surface area contributed by atoms with Gasteiger partial charge in [-0.2, -0.15) is 0 Å². The van der Waals surface area contributed by atoms with Crippen LogP contribution in [0.1, 0.15) is 49.3 Å². The van der Waals surface area contributed by atoms with Gasteiger partial charge in [0.1, 0.15) is 5.00 Å². The molecule has 0 aliphatic rings. The Kier molecular flexibility index (Phi) is 10.5. The number of esters is 1. The number of methoxy groups -OCH3 is 1. The van der Waals surface area contributed by atoms with E-state index in [1.165, 1.54) is 43.1 Å². The zero-order chi connectivity index (χ0) is 31.8. The van der Waals surface area contributed by atoms with Gasteiger partial charge >= 0.3 is 5.97 Å². The maximum atomic E-state index is 13.4. The number of ether oxygens (including phenoxy) is 1. The minimum absolute atomic E-state index is 0.106. The largest absolute Gasteiger partial charge is 0.465 e. The van der Waals surface area contributed by atoms with Crippen molar-refractivity contribution in [3.8, 4) is 0 Å². The fourth-order valence-corrected chi connectivity index (χ4v) is 6.27. The van der Waals surface area contributed by atoms with Gasteiger partial charge in [0.25, 0.3) is 17.5 Å². The molecule has 4 rings (SSSR count). The summed E-state index contributed by atoms with van der Waals surface area (Å²) < 4.78 is 4.94. The van der Waals surface area contributed by atoms with Crippen molar-refractivity contribution >= 4 is 68.9 Å². The van der Waals surface area contributed by atoms with Crippen molar-refractivity contribution in [1.82, 2.24) is 0 Å². The van der Waals surface area contributed by atoms with Crippen molar-refractivity contribution in [2.24, 2.45) is 0 Å². The van der Waals surface area contributed by atoms with Crippen LogP contribution in [0.25, 0.3) is 0 Å². The summed E-state index contributed by atoms with van der Waals surface area (Å²) in [6.07, 6.45) is 0.431. The van der Waals surface area contributed by atoms with E-state index in [-0.39, 0.29) is 32.6 Å². The van der Waals surface area contributed by atoms with E-state index in [2.05, 4.69) is 16.0 Å². The van der Waals surface area contributed by atoms with E-state index in [0.29, 0.717) is 28.3 Å². The van der Waals surface area contributed by atoms with Gasteiger partial charge in [-0.15, -0.1) is 23.1 Å². The van der Waals surface area contributed by atoms with Crippen LogP contribution in [0, 0.1) is 17.0 Å². The molecule has 1 atom stereocenters. The number of non-ortho nitro benzene ring substituents is 1. The van der Waals surface area contributed by atoms with Crippen molar-refractivity contribution in [2.75, 3.05) is 23.1 Å². The van der Waals surface area contributed by atoms with Crippen LogP contribution in [0.2, 0.25) is 0 Å². The molecule has 0 saturated heterocycles. The highest BCUT2D eigenvalue weighted by Crippen LogP contribution is 2.36. The minimum Gasteiger partial charge on any atom is -0.465 e. The highest BCUT2D eigenvalue weighted by atomic mass is 32.2. The molecule has 1 heterocycles. The molecule has 3 amide bonds. The van der Waals surface area contributed by atoms with Gasteiger partial charge in [-0.1, -0.05) is 37.3 Å². The van der Waals surface area contributed by atoms with Crippen LogP contribution in [-0.4, -0.2) is 41.0 Å². The molecule has 11 nitrogen and oxygen atoms in total. The summed E-state index contributed by atoms with van der Waals surface area (Å²) in [4.78, 5) is 63.3. The second-order valence-corrected chi connectivity index (χ2v) is 11.7. The highest BCUT2D eigenvalue weighted by Gasteiger charge is 2.28. The molecule has 1 unspecified atom stereocenters. The molecule has 44 heavy (non-hydrogen) atoms. The Bertz CT molecular complexity index is 1720. The number of nitrogens with zero attached hydrogens (tertiary/aromatic N) is 1. The van der Waals surface area contributed by atoms with E-state index in [1.807, 2.05) is 13.0 Å². The van der Waals surface area contributed by atoms with E-state index in [0.717, 1.165) is 11.3 Å². The van der Waals surface area contributed by atoms with Crippen LogP contribution in [0.5, 0.6) is 0 Å². The number of anilines is 3.